The second-order valence-corrected chi connectivity index (χ2v) is 8.43. The van der Waals surface area contributed by atoms with E-state index in [0.717, 1.165) is 0 Å². The number of rotatable bonds is 8. The zero-order valence-electron chi connectivity index (χ0n) is 15.2. The predicted octanol–water partition coefficient (Wildman–Crippen LogP) is 2.20. The summed E-state index contributed by atoms with van der Waals surface area (Å²) in [4.78, 5) is 12.3. The van der Waals surface area contributed by atoms with E-state index in [1.54, 1.807) is 18.4 Å². The van der Waals surface area contributed by atoms with Crippen LogP contribution in [0, 0.1) is 0 Å². The average molecular weight is 422 g/mol. The van der Waals surface area contributed by atoms with Crippen LogP contribution >= 0.6 is 11.8 Å². The summed E-state index contributed by atoms with van der Waals surface area (Å²) in [5, 5.41) is 11.6. The quantitative estimate of drug-likeness (QED) is 0.535. The Labute approximate surface area is 166 Å². The third-order valence-corrected chi connectivity index (χ3v) is 6.22. The highest BCUT2D eigenvalue weighted by atomic mass is 32.2. The first kappa shape index (κ1) is 20.1. The van der Waals surface area contributed by atoms with Crippen LogP contribution < -0.4 is 10.0 Å². The summed E-state index contributed by atoms with van der Waals surface area (Å²) < 4.78 is 32.9. The zero-order valence-corrected chi connectivity index (χ0v) is 16.9. The number of hydrogen-bond donors (Lipinski definition) is 2. The minimum atomic E-state index is -3.51. The van der Waals surface area contributed by atoms with E-state index in [4.69, 9.17) is 4.42 Å². The maximum absolute atomic E-state index is 12.2. The van der Waals surface area contributed by atoms with Crippen LogP contribution in [0.15, 0.2) is 57.1 Å². The van der Waals surface area contributed by atoms with Gasteiger partial charge in [0.15, 0.2) is 16.7 Å². The van der Waals surface area contributed by atoms with Crippen LogP contribution in [0.1, 0.15) is 6.92 Å². The molecular formula is C17H19N5O4S2. The van der Waals surface area contributed by atoms with E-state index >= 15 is 0 Å². The molecule has 28 heavy (non-hydrogen) atoms. The fourth-order valence-electron chi connectivity index (χ4n) is 2.43. The number of anilines is 1. The van der Waals surface area contributed by atoms with Crippen molar-refractivity contribution in [2.24, 2.45) is 0 Å². The SMILES string of the molecule is CCn1c(SCC(=O)Nc2ccc(S(=O)(=O)NC)cc2)nnc1-c1ccco1. The maximum Gasteiger partial charge on any atom is 0.240 e. The van der Waals surface area contributed by atoms with E-state index in [1.807, 2.05) is 11.5 Å². The van der Waals surface area contributed by atoms with Crippen LogP contribution in [-0.4, -0.2) is 41.9 Å². The van der Waals surface area contributed by atoms with Crippen molar-refractivity contribution in [3.05, 3.63) is 42.7 Å². The Morgan fingerprint density at radius 2 is 1.96 bits per heavy atom. The van der Waals surface area contributed by atoms with E-state index in [-0.39, 0.29) is 16.6 Å². The smallest absolute Gasteiger partial charge is 0.240 e. The monoisotopic (exact) mass is 421 g/mol. The first-order valence-corrected chi connectivity index (χ1v) is 10.8. The van der Waals surface area contributed by atoms with Crippen molar-refractivity contribution < 1.29 is 17.6 Å². The summed E-state index contributed by atoms with van der Waals surface area (Å²) in [5.74, 6) is 1.12. The highest BCUT2D eigenvalue weighted by molar-refractivity contribution is 7.99. The van der Waals surface area contributed by atoms with Crippen LogP contribution in [0.5, 0.6) is 0 Å². The molecule has 0 atom stereocenters. The fraction of sp³-hybridized carbons (Fsp3) is 0.235. The molecule has 0 aliphatic carbocycles. The molecule has 1 amide bonds. The average Bonchev–Trinajstić information content (AvgIpc) is 3.36. The van der Waals surface area contributed by atoms with Crippen molar-refractivity contribution in [3.8, 4) is 11.6 Å². The summed E-state index contributed by atoms with van der Waals surface area (Å²) in [7, 11) is -2.16. The molecule has 0 aliphatic heterocycles. The second-order valence-electron chi connectivity index (χ2n) is 5.60. The van der Waals surface area contributed by atoms with Gasteiger partial charge in [0.05, 0.1) is 16.9 Å². The van der Waals surface area contributed by atoms with Gasteiger partial charge in [-0.1, -0.05) is 11.8 Å². The van der Waals surface area contributed by atoms with Gasteiger partial charge in [-0.3, -0.25) is 9.36 Å². The molecule has 0 radical (unpaired) electrons. The zero-order chi connectivity index (χ0) is 20.1. The summed E-state index contributed by atoms with van der Waals surface area (Å²) >= 11 is 1.26. The highest BCUT2D eigenvalue weighted by Gasteiger charge is 2.16. The molecule has 0 spiro atoms. The van der Waals surface area contributed by atoms with Gasteiger partial charge in [-0.25, -0.2) is 13.1 Å². The largest absolute Gasteiger partial charge is 0.461 e. The Morgan fingerprint density at radius 1 is 1.21 bits per heavy atom. The lowest BCUT2D eigenvalue weighted by Crippen LogP contribution is -2.18. The molecule has 0 aliphatic rings. The van der Waals surface area contributed by atoms with E-state index in [2.05, 4.69) is 20.2 Å². The van der Waals surface area contributed by atoms with Gasteiger partial charge < -0.3 is 9.73 Å². The molecule has 9 nitrogen and oxygen atoms in total. The Kier molecular flexibility index (Phi) is 6.17. The van der Waals surface area contributed by atoms with E-state index in [1.165, 1.54) is 43.1 Å². The molecule has 0 saturated heterocycles. The van der Waals surface area contributed by atoms with Crippen LogP contribution in [-0.2, 0) is 21.4 Å². The second kappa shape index (κ2) is 8.59. The van der Waals surface area contributed by atoms with Crippen molar-refractivity contribution in [3.63, 3.8) is 0 Å². The lowest BCUT2D eigenvalue weighted by Gasteiger charge is -2.08. The summed E-state index contributed by atoms with van der Waals surface area (Å²) in [6.45, 7) is 2.59. The van der Waals surface area contributed by atoms with Gasteiger partial charge in [0.2, 0.25) is 15.9 Å². The van der Waals surface area contributed by atoms with Gasteiger partial charge in [0.1, 0.15) is 0 Å². The predicted molar refractivity (Wildman–Crippen MR) is 105 cm³/mol. The van der Waals surface area contributed by atoms with Gasteiger partial charge in [0, 0.05) is 12.2 Å². The van der Waals surface area contributed by atoms with Crippen LogP contribution in [0.25, 0.3) is 11.6 Å². The van der Waals surface area contributed by atoms with E-state index < -0.39 is 10.0 Å². The molecule has 11 heteroatoms. The molecular weight excluding hydrogens is 402 g/mol. The van der Waals surface area contributed by atoms with E-state index in [0.29, 0.717) is 29.0 Å². The van der Waals surface area contributed by atoms with Gasteiger partial charge in [0.25, 0.3) is 0 Å². The number of benzene rings is 1. The van der Waals surface area contributed by atoms with Gasteiger partial charge >= 0.3 is 0 Å². The molecule has 2 aromatic heterocycles. The lowest BCUT2D eigenvalue weighted by atomic mass is 10.3. The van der Waals surface area contributed by atoms with Crippen molar-refractivity contribution in [2.45, 2.75) is 23.5 Å². The molecule has 0 bridgehead atoms. The topological polar surface area (TPSA) is 119 Å². The summed E-state index contributed by atoms with van der Waals surface area (Å²) in [5.41, 5.74) is 0.508. The van der Waals surface area contributed by atoms with Crippen LogP contribution in [0.3, 0.4) is 0 Å². The standard InChI is InChI=1S/C17H19N5O4S2/c1-3-22-16(14-5-4-10-26-14)20-21-17(22)27-11-15(23)19-12-6-8-13(9-7-12)28(24,25)18-2/h4-10,18H,3,11H2,1-2H3,(H,19,23). The number of hydrogen-bond acceptors (Lipinski definition) is 7. The third kappa shape index (κ3) is 4.43. The molecule has 0 fully saturated rings. The molecule has 3 aromatic rings. The summed E-state index contributed by atoms with van der Waals surface area (Å²) in [6.07, 6.45) is 1.57. The molecule has 3 rings (SSSR count). The van der Waals surface area contributed by atoms with Crippen LogP contribution in [0.2, 0.25) is 0 Å². The minimum absolute atomic E-state index is 0.129. The van der Waals surface area contributed by atoms with Crippen molar-refractivity contribution >= 4 is 33.4 Å². The Hall–Kier alpha value is -2.63. The molecule has 2 N–H and O–H groups in total. The summed E-state index contributed by atoms with van der Waals surface area (Å²) in [6, 6.07) is 9.51. The molecule has 2 heterocycles. The van der Waals surface area contributed by atoms with Crippen molar-refractivity contribution in [1.82, 2.24) is 19.5 Å². The number of furan rings is 1. The third-order valence-electron chi connectivity index (χ3n) is 3.82. The maximum atomic E-state index is 12.2. The normalized spacial score (nSPS) is 11.5. The van der Waals surface area contributed by atoms with E-state index in [9.17, 15) is 13.2 Å². The number of nitrogens with one attached hydrogen (secondary N) is 2. The Morgan fingerprint density at radius 3 is 2.57 bits per heavy atom. The van der Waals surface area contributed by atoms with Gasteiger partial charge in [-0.15, -0.1) is 10.2 Å². The Balaban J connectivity index is 1.62. The van der Waals surface area contributed by atoms with Gasteiger partial charge in [-0.2, -0.15) is 0 Å². The van der Waals surface area contributed by atoms with Crippen LogP contribution in [0.4, 0.5) is 5.69 Å². The Bertz CT molecular complexity index is 1040. The first-order valence-electron chi connectivity index (χ1n) is 8.38. The number of amides is 1. The molecule has 0 saturated carbocycles. The fourth-order valence-corrected chi connectivity index (χ4v) is 3.96. The molecule has 0 unspecified atom stereocenters. The number of carbonyl (C=O) groups is 1. The molecule has 148 valence electrons. The number of thioether (sulfide) groups is 1. The number of nitrogens with zero attached hydrogens (tertiary/aromatic N) is 3. The molecule has 1 aromatic carbocycles. The number of aromatic nitrogens is 3. The number of carbonyl (C=O) groups excluding carboxylic acids is 1. The lowest BCUT2D eigenvalue weighted by molar-refractivity contribution is -0.113. The first-order chi connectivity index (χ1) is 13.4. The van der Waals surface area contributed by atoms with Gasteiger partial charge in [-0.05, 0) is 50.4 Å². The van der Waals surface area contributed by atoms with Crippen molar-refractivity contribution in [2.75, 3.05) is 18.1 Å². The number of sulfonamides is 1. The van der Waals surface area contributed by atoms with Crippen molar-refractivity contribution in [1.29, 1.82) is 0 Å². The highest BCUT2D eigenvalue weighted by Crippen LogP contribution is 2.24. The minimum Gasteiger partial charge on any atom is -0.461 e.